The molecule has 2 amide bonds. The van der Waals surface area contributed by atoms with Crippen LogP contribution in [-0.2, 0) is 4.84 Å². The molecule has 0 radical (unpaired) electrons. The van der Waals surface area contributed by atoms with Gasteiger partial charge in [-0.2, -0.15) is 5.48 Å². The van der Waals surface area contributed by atoms with Gasteiger partial charge in [-0.1, -0.05) is 23.2 Å². The molecule has 0 spiro atoms. The van der Waals surface area contributed by atoms with E-state index in [0.717, 1.165) is 0 Å². The van der Waals surface area contributed by atoms with Crippen molar-refractivity contribution in [2.24, 2.45) is 5.73 Å². The van der Waals surface area contributed by atoms with Crippen LogP contribution in [0.4, 0.5) is 10.5 Å². The highest BCUT2D eigenvalue weighted by molar-refractivity contribution is 6.37. The third-order valence-corrected chi connectivity index (χ3v) is 2.17. The van der Waals surface area contributed by atoms with Crippen LogP contribution in [0.25, 0.3) is 0 Å². The minimum Gasteiger partial charge on any atom is -0.397 e. The second kappa shape index (κ2) is 4.91. The van der Waals surface area contributed by atoms with Gasteiger partial charge in [-0.25, -0.2) is 9.59 Å². The summed E-state index contributed by atoms with van der Waals surface area (Å²) in [4.78, 5) is 26.0. The summed E-state index contributed by atoms with van der Waals surface area (Å²) in [6.07, 6.45) is 0. The van der Waals surface area contributed by atoms with Crippen LogP contribution in [0.3, 0.4) is 0 Å². The molecule has 0 fully saturated rings. The number of carbonyl (C=O) groups excluding carboxylic acids is 2. The Hall–Kier alpha value is -1.66. The quantitative estimate of drug-likeness (QED) is 0.525. The molecular weight excluding hydrogens is 257 g/mol. The van der Waals surface area contributed by atoms with Crippen LogP contribution in [0.15, 0.2) is 12.1 Å². The predicted molar refractivity (Wildman–Crippen MR) is 59.0 cm³/mol. The lowest BCUT2D eigenvalue weighted by Gasteiger charge is -2.07. The summed E-state index contributed by atoms with van der Waals surface area (Å²) in [5.74, 6) is -0.919. The zero-order chi connectivity index (χ0) is 12.3. The maximum atomic E-state index is 11.4. The summed E-state index contributed by atoms with van der Waals surface area (Å²) in [5.41, 5.74) is 11.9. The van der Waals surface area contributed by atoms with Crippen molar-refractivity contribution < 1.29 is 14.4 Å². The van der Waals surface area contributed by atoms with Crippen LogP contribution in [0.5, 0.6) is 0 Å². The van der Waals surface area contributed by atoms with E-state index in [1.54, 1.807) is 5.48 Å². The van der Waals surface area contributed by atoms with Gasteiger partial charge in [0.25, 0.3) is 0 Å². The van der Waals surface area contributed by atoms with Gasteiger partial charge in [0.15, 0.2) is 0 Å². The second-order valence-electron chi connectivity index (χ2n) is 2.71. The average molecular weight is 264 g/mol. The van der Waals surface area contributed by atoms with Crippen molar-refractivity contribution in [1.29, 1.82) is 0 Å². The van der Waals surface area contributed by atoms with Crippen LogP contribution < -0.4 is 16.9 Å². The Bertz CT molecular complexity index is 450. The van der Waals surface area contributed by atoms with Crippen molar-refractivity contribution >= 4 is 40.9 Å². The first kappa shape index (κ1) is 12.4. The molecule has 0 aliphatic rings. The fraction of sp³-hybridized carbons (Fsp3) is 0. The van der Waals surface area contributed by atoms with Crippen LogP contribution in [0.1, 0.15) is 10.4 Å². The number of nitrogen functional groups attached to an aromatic ring is 1. The van der Waals surface area contributed by atoms with Crippen LogP contribution in [0, 0.1) is 0 Å². The number of nitrogens with two attached hydrogens (primary N) is 2. The molecule has 5 N–H and O–H groups in total. The first-order valence-electron chi connectivity index (χ1n) is 3.93. The number of anilines is 1. The third kappa shape index (κ3) is 2.91. The molecule has 0 unspecified atom stereocenters. The molecular formula is C8H7Cl2N3O3. The van der Waals surface area contributed by atoms with E-state index < -0.39 is 12.0 Å². The highest BCUT2D eigenvalue weighted by atomic mass is 35.5. The van der Waals surface area contributed by atoms with E-state index in [-0.39, 0.29) is 21.3 Å². The summed E-state index contributed by atoms with van der Waals surface area (Å²) < 4.78 is 0. The van der Waals surface area contributed by atoms with Gasteiger partial charge in [0.1, 0.15) is 0 Å². The summed E-state index contributed by atoms with van der Waals surface area (Å²) in [7, 11) is 0. The first-order chi connectivity index (χ1) is 7.41. The van der Waals surface area contributed by atoms with E-state index >= 15 is 0 Å². The van der Waals surface area contributed by atoms with Crippen LogP contribution >= 0.6 is 23.2 Å². The zero-order valence-electron chi connectivity index (χ0n) is 7.79. The van der Waals surface area contributed by atoms with Gasteiger partial charge >= 0.3 is 12.0 Å². The first-order valence-corrected chi connectivity index (χ1v) is 4.68. The average Bonchev–Trinajstić information content (AvgIpc) is 2.19. The van der Waals surface area contributed by atoms with E-state index in [1.807, 2.05) is 0 Å². The van der Waals surface area contributed by atoms with E-state index in [2.05, 4.69) is 4.84 Å². The van der Waals surface area contributed by atoms with Gasteiger partial charge in [0.05, 0.1) is 16.3 Å². The molecule has 1 rings (SSSR count). The number of hydrogen-bond donors (Lipinski definition) is 3. The number of hydroxylamine groups is 1. The normalized spacial score (nSPS) is 9.62. The molecule has 0 saturated heterocycles. The maximum Gasteiger partial charge on any atom is 0.364 e. The maximum absolute atomic E-state index is 11.4. The summed E-state index contributed by atoms with van der Waals surface area (Å²) in [5, 5.41) is 0.202. The SMILES string of the molecule is NC(=O)NOC(=O)c1cc(Cl)cc(N)c1Cl. The lowest BCUT2D eigenvalue weighted by Crippen LogP contribution is -2.31. The molecule has 0 aliphatic carbocycles. The fourth-order valence-electron chi connectivity index (χ4n) is 0.910. The minimum absolute atomic E-state index is 0.0133. The van der Waals surface area contributed by atoms with Crippen LogP contribution in [0.2, 0.25) is 10.0 Å². The summed E-state index contributed by atoms with van der Waals surface area (Å²) in [6, 6.07) is 1.62. The van der Waals surface area contributed by atoms with Crippen molar-refractivity contribution in [3.8, 4) is 0 Å². The molecule has 1 aromatic rings. The second-order valence-corrected chi connectivity index (χ2v) is 3.53. The third-order valence-electron chi connectivity index (χ3n) is 1.53. The zero-order valence-corrected chi connectivity index (χ0v) is 9.30. The topological polar surface area (TPSA) is 107 Å². The van der Waals surface area contributed by atoms with Crippen molar-refractivity contribution in [2.75, 3.05) is 5.73 Å². The smallest absolute Gasteiger partial charge is 0.364 e. The Kier molecular flexibility index (Phi) is 3.81. The van der Waals surface area contributed by atoms with Crippen LogP contribution in [-0.4, -0.2) is 12.0 Å². The number of primary amides is 1. The molecule has 8 heteroatoms. The van der Waals surface area contributed by atoms with Crippen molar-refractivity contribution in [1.82, 2.24) is 5.48 Å². The standard InChI is InChI=1S/C8H7Cl2N3O3/c9-3-1-4(6(10)5(11)2-3)7(14)16-13-8(12)15/h1-2H,11H2,(H3,12,13,15). The molecule has 6 nitrogen and oxygen atoms in total. The van der Waals surface area contributed by atoms with E-state index in [4.69, 9.17) is 34.7 Å². The highest BCUT2D eigenvalue weighted by Crippen LogP contribution is 2.28. The number of halogens is 2. The largest absolute Gasteiger partial charge is 0.397 e. The van der Waals surface area contributed by atoms with Gasteiger partial charge in [-0.05, 0) is 12.1 Å². The minimum atomic E-state index is -1.01. The molecule has 1 aromatic carbocycles. The van der Waals surface area contributed by atoms with Crippen molar-refractivity contribution in [3.05, 3.63) is 27.7 Å². The van der Waals surface area contributed by atoms with Crippen molar-refractivity contribution in [2.45, 2.75) is 0 Å². The molecule has 0 aliphatic heterocycles. The molecule has 0 atom stereocenters. The molecule has 0 saturated carbocycles. The van der Waals surface area contributed by atoms with E-state index in [0.29, 0.717) is 0 Å². The van der Waals surface area contributed by atoms with Gasteiger partial charge < -0.3 is 16.3 Å². The molecule has 16 heavy (non-hydrogen) atoms. The number of urea groups is 1. The van der Waals surface area contributed by atoms with Gasteiger partial charge in [-0.3, -0.25) is 0 Å². The Morgan fingerprint density at radius 2 is 1.94 bits per heavy atom. The van der Waals surface area contributed by atoms with Gasteiger partial charge in [0, 0.05) is 5.02 Å². The number of rotatable bonds is 1. The molecule has 0 heterocycles. The molecule has 86 valence electrons. The highest BCUT2D eigenvalue weighted by Gasteiger charge is 2.16. The van der Waals surface area contributed by atoms with Crippen molar-refractivity contribution in [3.63, 3.8) is 0 Å². The Morgan fingerprint density at radius 1 is 1.31 bits per heavy atom. The lowest BCUT2D eigenvalue weighted by molar-refractivity contribution is 0.0335. The summed E-state index contributed by atoms with van der Waals surface area (Å²) >= 11 is 11.4. The number of carbonyl (C=O) groups is 2. The number of amides is 2. The lowest BCUT2D eigenvalue weighted by atomic mass is 10.2. The van der Waals surface area contributed by atoms with E-state index in [1.165, 1.54) is 12.1 Å². The van der Waals surface area contributed by atoms with Gasteiger partial charge in [0.2, 0.25) is 0 Å². The number of benzene rings is 1. The van der Waals surface area contributed by atoms with E-state index in [9.17, 15) is 9.59 Å². The predicted octanol–water partition coefficient (Wildman–Crippen LogP) is 1.32. The number of nitrogens with one attached hydrogen (secondary N) is 1. The Balaban J connectivity index is 2.95. The number of hydrogen-bond acceptors (Lipinski definition) is 4. The molecule has 0 aromatic heterocycles. The Labute approximate surface area is 100 Å². The summed E-state index contributed by atoms with van der Waals surface area (Å²) in [6.45, 7) is 0. The fourth-order valence-corrected chi connectivity index (χ4v) is 1.32. The van der Waals surface area contributed by atoms with Gasteiger partial charge in [-0.15, -0.1) is 0 Å². The molecule has 0 bridgehead atoms. The Morgan fingerprint density at radius 3 is 2.50 bits per heavy atom. The monoisotopic (exact) mass is 263 g/mol.